The first-order valence-corrected chi connectivity index (χ1v) is 12.2. The van der Waals surface area contributed by atoms with Crippen molar-refractivity contribution in [3.05, 3.63) is 94.8 Å². The number of nitriles is 1. The largest absolute Gasteiger partial charge is 0.486 e. The molecule has 0 aromatic heterocycles. The fourth-order valence-electron chi connectivity index (χ4n) is 2.84. The summed E-state index contributed by atoms with van der Waals surface area (Å²) in [5.74, 6) is 0.0171. The van der Waals surface area contributed by atoms with Crippen molar-refractivity contribution < 1.29 is 9.53 Å². The lowest BCUT2D eigenvalue weighted by Gasteiger charge is -2.13. The van der Waals surface area contributed by atoms with Crippen molar-refractivity contribution in [1.29, 1.82) is 5.26 Å². The smallest absolute Gasteiger partial charge is 0.266 e. The molecule has 1 N–H and O–H groups in total. The van der Waals surface area contributed by atoms with E-state index in [9.17, 15) is 10.1 Å². The molecule has 0 fully saturated rings. The maximum absolute atomic E-state index is 12.6. The third-order valence-corrected chi connectivity index (χ3v) is 6.77. The van der Waals surface area contributed by atoms with Gasteiger partial charge in [0.2, 0.25) is 0 Å². The monoisotopic (exact) mass is 626 g/mol. The number of hydrogen-bond acceptors (Lipinski definition) is 3. The van der Waals surface area contributed by atoms with Crippen LogP contribution in [0.15, 0.2) is 63.0 Å². The van der Waals surface area contributed by atoms with Gasteiger partial charge in [0.25, 0.3) is 5.91 Å². The Morgan fingerprint density at radius 1 is 1.09 bits per heavy atom. The molecule has 0 saturated carbocycles. The maximum atomic E-state index is 12.6. The number of carbonyl (C=O) groups is 1. The van der Waals surface area contributed by atoms with E-state index in [1.54, 1.807) is 55.5 Å². The predicted molar refractivity (Wildman–Crippen MR) is 141 cm³/mol. The highest BCUT2D eigenvalue weighted by molar-refractivity contribution is 9.11. The average molecular weight is 630 g/mol. The minimum atomic E-state index is -0.534. The van der Waals surface area contributed by atoms with Crippen LogP contribution in [0.25, 0.3) is 6.08 Å². The van der Waals surface area contributed by atoms with Crippen molar-refractivity contribution in [3.8, 4) is 11.8 Å². The number of ether oxygens (including phenoxy) is 1. The molecule has 0 unspecified atom stereocenters. The minimum absolute atomic E-state index is 0.0604. The summed E-state index contributed by atoms with van der Waals surface area (Å²) in [5, 5.41) is 13.8. The first kappa shape index (κ1) is 25.6. The molecule has 3 aromatic carbocycles. The van der Waals surface area contributed by atoms with Crippen LogP contribution in [0.2, 0.25) is 15.1 Å². The zero-order valence-corrected chi connectivity index (χ0v) is 22.5. The highest BCUT2D eigenvalue weighted by atomic mass is 79.9. The number of benzene rings is 3. The molecule has 0 aliphatic carbocycles. The second-order valence-corrected chi connectivity index (χ2v) is 9.83. The molecule has 0 spiro atoms. The van der Waals surface area contributed by atoms with E-state index in [0.717, 1.165) is 11.1 Å². The number of nitrogens with zero attached hydrogens (tertiary/aromatic N) is 1. The van der Waals surface area contributed by atoms with Crippen LogP contribution in [0.1, 0.15) is 16.7 Å². The average Bonchev–Trinajstić information content (AvgIpc) is 2.75. The van der Waals surface area contributed by atoms with Gasteiger partial charge in [-0.3, -0.25) is 4.79 Å². The van der Waals surface area contributed by atoms with Crippen LogP contribution in [-0.2, 0) is 11.4 Å². The molecule has 0 heterocycles. The Kier molecular flexibility index (Phi) is 8.86. The van der Waals surface area contributed by atoms with Crippen LogP contribution in [0.3, 0.4) is 0 Å². The van der Waals surface area contributed by atoms with E-state index >= 15 is 0 Å². The minimum Gasteiger partial charge on any atom is -0.486 e. The van der Waals surface area contributed by atoms with Crippen LogP contribution in [-0.4, -0.2) is 5.91 Å². The van der Waals surface area contributed by atoms with Crippen LogP contribution in [0, 0.1) is 18.3 Å². The van der Waals surface area contributed by atoms with E-state index in [2.05, 4.69) is 37.2 Å². The SMILES string of the molecule is Cc1c(Cl)cccc1NC(=O)/C(C#N)=C/c1cc(Br)c(OCc2ccc(Cl)cc2Cl)c(Br)c1. The molecular formula is C24H15Br2Cl3N2O2. The summed E-state index contributed by atoms with van der Waals surface area (Å²) in [6.45, 7) is 2.02. The van der Waals surface area contributed by atoms with E-state index < -0.39 is 5.91 Å². The molecule has 0 saturated heterocycles. The number of rotatable bonds is 6. The molecule has 0 radical (unpaired) electrons. The third kappa shape index (κ3) is 6.53. The van der Waals surface area contributed by atoms with E-state index in [0.29, 0.717) is 41.0 Å². The molecule has 0 atom stereocenters. The number of carbonyl (C=O) groups excluding carboxylic acids is 1. The Hall–Kier alpha value is -2.01. The molecule has 1 amide bonds. The molecule has 168 valence electrons. The van der Waals surface area contributed by atoms with E-state index in [1.807, 2.05) is 6.07 Å². The maximum Gasteiger partial charge on any atom is 0.266 e. The van der Waals surface area contributed by atoms with Crippen molar-refractivity contribution in [2.24, 2.45) is 0 Å². The highest BCUT2D eigenvalue weighted by Crippen LogP contribution is 2.36. The van der Waals surface area contributed by atoms with Gasteiger partial charge < -0.3 is 10.1 Å². The zero-order valence-electron chi connectivity index (χ0n) is 17.1. The number of amides is 1. The Balaban J connectivity index is 1.80. The Morgan fingerprint density at radius 2 is 1.79 bits per heavy atom. The van der Waals surface area contributed by atoms with Gasteiger partial charge in [0.15, 0.2) is 0 Å². The van der Waals surface area contributed by atoms with Gasteiger partial charge in [0.1, 0.15) is 24.0 Å². The van der Waals surface area contributed by atoms with Gasteiger partial charge in [-0.15, -0.1) is 0 Å². The quantitative estimate of drug-likeness (QED) is 0.220. The molecule has 0 aliphatic rings. The number of nitrogens with one attached hydrogen (secondary N) is 1. The Bertz CT molecular complexity index is 1280. The summed E-state index contributed by atoms with van der Waals surface area (Å²) in [7, 11) is 0. The molecule has 4 nitrogen and oxygen atoms in total. The molecule has 0 aliphatic heterocycles. The van der Waals surface area contributed by atoms with Crippen molar-refractivity contribution in [1.82, 2.24) is 0 Å². The Labute approximate surface area is 223 Å². The van der Waals surface area contributed by atoms with Gasteiger partial charge in [-0.2, -0.15) is 5.26 Å². The second kappa shape index (κ2) is 11.4. The summed E-state index contributed by atoms with van der Waals surface area (Å²) in [5.41, 5.74) is 2.61. The van der Waals surface area contributed by atoms with Crippen LogP contribution in [0.5, 0.6) is 5.75 Å². The summed E-state index contributed by atoms with van der Waals surface area (Å²) in [6, 6.07) is 15.8. The van der Waals surface area contributed by atoms with Gasteiger partial charge in [-0.05, 0) is 92.4 Å². The molecular weight excluding hydrogens is 614 g/mol. The number of anilines is 1. The summed E-state index contributed by atoms with van der Waals surface area (Å²) >= 11 is 25.2. The molecule has 33 heavy (non-hydrogen) atoms. The van der Waals surface area contributed by atoms with Crippen molar-refractivity contribution in [2.45, 2.75) is 13.5 Å². The molecule has 9 heteroatoms. The second-order valence-electron chi connectivity index (χ2n) is 6.87. The molecule has 3 rings (SSSR count). The van der Waals surface area contributed by atoms with Crippen molar-refractivity contribution in [3.63, 3.8) is 0 Å². The normalized spacial score (nSPS) is 11.1. The first-order chi connectivity index (χ1) is 15.7. The standard InChI is InChI=1S/C24H15Br2Cl3N2O2/c1-13-20(28)3-2-4-22(13)31-24(32)16(11-30)7-14-8-18(25)23(19(26)9-14)33-12-15-5-6-17(27)10-21(15)29/h2-10H,12H2,1H3,(H,31,32)/b16-7+. The van der Waals surface area contributed by atoms with Crippen LogP contribution < -0.4 is 10.1 Å². The lowest BCUT2D eigenvalue weighted by atomic mass is 10.1. The topological polar surface area (TPSA) is 62.1 Å². The lowest BCUT2D eigenvalue weighted by molar-refractivity contribution is -0.112. The van der Waals surface area contributed by atoms with Gasteiger partial charge in [0.05, 0.1) is 8.95 Å². The number of halogens is 5. The molecule has 0 bridgehead atoms. The fraction of sp³-hybridized carbons (Fsp3) is 0.0833. The van der Waals surface area contributed by atoms with Crippen molar-refractivity contribution >= 4 is 84.3 Å². The lowest BCUT2D eigenvalue weighted by Crippen LogP contribution is -2.14. The highest BCUT2D eigenvalue weighted by Gasteiger charge is 2.14. The van der Waals surface area contributed by atoms with Crippen molar-refractivity contribution in [2.75, 3.05) is 5.32 Å². The fourth-order valence-corrected chi connectivity index (χ4v) is 4.93. The van der Waals surface area contributed by atoms with E-state index in [4.69, 9.17) is 39.5 Å². The summed E-state index contributed by atoms with van der Waals surface area (Å²) in [6.07, 6.45) is 1.49. The summed E-state index contributed by atoms with van der Waals surface area (Å²) in [4.78, 5) is 12.6. The Morgan fingerprint density at radius 3 is 2.42 bits per heavy atom. The number of hydrogen-bond donors (Lipinski definition) is 1. The van der Waals surface area contributed by atoms with Gasteiger partial charge in [-0.25, -0.2) is 0 Å². The molecule has 3 aromatic rings. The van der Waals surface area contributed by atoms with E-state index in [-0.39, 0.29) is 12.2 Å². The van der Waals surface area contributed by atoms with Gasteiger partial charge in [0, 0.05) is 26.3 Å². The van der Waals surface area contributed by atoms with E-state index in [1.165, 1.54) is 6.08 Å². The summed E-state index contributed by atoms with van der Waals surface area (Å²) < 4.78 is 7.18. The predicted octanol–water partition coefficient (Wildman–Crippen LogP) is 8.60. The van der Waals surface area contributed by atoms with Gasteiger partial charge in [-0.1, -0.05) is 46.9 Å². The third-order valence-electron chi connectivity index (χ3n) is 4.60. The van der Waals surface area contributed by atoms with Crippen LogP contribution in [0.4, 0.5) is 5.69 Å². The zero-order chi connectivity index (χ0) is 24.1. The van der Waals surface area contributed by atoms with Crippen LogP contribution >= 0.6 is 66.7 Å². The van der Waals surface area contributed by atoms with Gasteiger partial charge >= 0.3 is 0 Å². The first-order valence-electron chi connectivity index (χ1n) is 9.43.